The maximum absolute atomic E-state index is 13.0. The molecular formula is C29H32N8O5S2. The van der Waals surface area contributed by atoms with Crippen LogP contribution in [-0.4, -0.2) is 55.1 Å². The molecule has 15 heteroatoms. The van der Waals surface area contributed by atoms with Gasteiger partial charge in [0.1, 0.15) is 17.1 Å². The fraction of sp³-hybridized carbons (Fsp3) is 0.310. The number of aryl methyl sites for hydroxylation is 1. The molecule has 0 unspecified atom stereocenters. The predicted molar refractivity (Wildman–Crippen MR) is 175 cm³/mol. The molecule has 0 radical (unpaired) electrons. The number of rotatable bonds is 14. The van der Waals surface area contributed by atoms with Crippen LogP contribution in [0.2, 0.25) is 0 Å². The number of fused-ring (bicyclic) bond motifs is 1. The van der Waals surface area contributed by atoms with E-state index in [0.29, 0.717) is 60.1 Å². The normalized spacial score (nSPS) is 10.7. The van der Waals surface area contributed by atoms with E-state index in [4.69, 9.17) is 4.74 Å². The van der Waals surface area contributed by atoms with Gasteiger partial charge in [0.15, 0.2) is 12.3 Å². The van der Waals surface area contributed by atoms with Crippen LogP contribution in [0.5, 0.6) is 5.75 Å². The van der Waals surface area contributed by atoms with E-state index in [2.05, 4.69) is 47.7 Å². The second kappa shape index (κ2) is 15.7. The fourth-order valence-corrected chi connectivity index (χ4v) is 4.87. The zero-order valence-corrected chi connectivity index (χ0v) is 25.8. The van der Waals surface area contributed by atoms with Crippen LogP contribution < -0.4 is 31.3 Å². The van der Waals surface area contributed by atoms with Gasteiger partial charge in [-0.15, -0.1) is 0 Å². The quantitative estimate of drug-likeness (QED) is 0.0691. The largest absolute Gasteiger partial charge is 0.484 e. The minimum absolute atomic E-state index is 0.213. The number of H-pyrrole nitrogens is 1. The number of aromatic amines is 1. The van der Waals surface area contributed by atoms with Crippen LogP contribution in [0.4, 0.5) is 16.2 Å². The van der Waals surface area contributed by atoms with Crippen molar-refractivity contribution >= 4 is 63.0 Å². The van der Waals surface area contributed by atoms with Crippen molar-refractivity contribution in [2.45, 2.75) is 39.8 Å². The second-order valence-corrected chi connectivity index (χ2v) is 10.5. The van der Waals surface area contributed by atoms with Gasteiger partial charge in [-0.1, -0.05) is 19.9 Å². The van der Waals surface area contributed by atoms with Crippen molar-refractivity contribution in [2.75, 3.05) is 24.4 Å². The number of amides is 2. The van der Waals surface area contributed by atoms with Crippen molar-refractivity contribution in [2.24, 2.45) is 4.99 Å². The summed E-state index contributed by atoms with van der Waals surface area (Å²) in [4.78, 5) is 61.7. The minimum Gasteiger partial charge on any atom is -0.484 e. The van der Waals surface area contributed by atoms with E-state index in [1.54, 1.807) is 48.5 Å². The topological polar surface area (TPSA) is 164 Å². The molecule has 4 N–H and O–H groups in total. The number of aromatic nitrogens is 4. The standard InChI is InChI=1S/C29H32N8O5S2/c1-3-14-36-26-24(27(39)37(15-4-2)29(36)41)33-25(34-26)19-8-10-22(11-9-19)42-17-23(38)30-12-13-31-28(40)44-35-21-7-5-6-20(16-21)32-18-43/h5-11,16,35H,3-4,12-15,17H2,1-2H3,(H,30,38)(H,31,40)(H,33,34). The molecule has 2 aromatic carbocycles. The monoisotopic (exact) mass is 636 g/mol. The summed E-state index contributed by atoms with van der Waals surface area (Å²) in [5, 5.41) is 7.34. The Balaban J connectivity index is 1.25. The van der Waals surface area contributed by atoms with Gasteiger partial charge in [-0.05, 0) is 67.5 Å². The SMILES string of the molecule is CCCn1c(=O)c2[nH]c(-c3ccc(OCC(=O)NCCNC(=O)SNc4cccc(N=C=S)c4)cc3)nc2n(CCC)c1=O. The summed E-state index contributed by atoms with van der Waals surface area (Å²) in [6.07, 6.45) is 1.37. The molecule has 2 heterocycles. The summed E-state index contributed by atoms with van der Waals surface area (Å²) in [6, 6.07) is 13.9. The van der Waals surface area contributed by atoms with Gasteiger partial charge >= 0.3 is 5.69 Å². The summed E-state index contributed by atoms with van der Waals surface area (Å²) < 4.78 is 11.3. The van der Waals surface area contributed by atoms with E-state index in [1.165, 1.54) is 9.13 Å². The van der Waals surface area contributed by atoms with E-state index >= 15 is 0 Å². The number of hydrogen-bond donors (Lipinski definition) is 4. The van der Waals surface area contributed by atoms with E-state index < -0.39 is 5.56 Å². The summed E-state index contributed by atoms with van der Waals surface area (Å²) in [7, 11) is 0. The average molecular weight is 637 g/mol. The fourth-order valence-electron chi connectivity index (χ4n) is 4.26. The van der Waals surface area contributed by atoms with E-state index in [9.17, 15) is 19.2 Å². The third-order valence-electron chi connectivity index (χ3n) is 6.25. The number of ether oxygens (including phenoxy) is 1. The number of benzene rings is 2. The molecule has 2 amide bonds. The Labute approximate surface area is 262 Å². The van der Waals surface area contributed by atoms with Crippen molar-refractivity contribution in [1.82, 2.24) is 29.7 Å². The van der Waals surface area contributed by atoms with Gasteiger partial charge in [-0.2, -0.15) is 4.99 Å². The van der Waals surface area contributed by atoms with Crippen LogP contribution in [0.25, 0.3) is 22.6 Å². The highest BCUT2D eigenvalue weighted by molar-refractivity contribution is 8.14. The number of nitrogens with one attached hydrogen (secondary N) is 4. The Kier molecular flexibility index (Phi) is 11.5. The van der Waals surface area contributed by atoms with Crippen molar-refractivity contribution < 1.29 is 14.3 Å². The second-order valence-electron chi connectivity index (χ2n) is 9.51. The molecule has 13 nitrogen and oxygen atoms in total. The molecule has 2 aromatic heterocycles. The van der Waals surface area contributed by atoms with E-state index in [1.807, 2.05) is 13.8 Å². The smallest absolute Gasteiger partial charge is 0.332 e. The number of nitrogens with zero attached hydrogens (tertiary/aromatic N) is 4. The summed E-state index contributed by atoms with van der Waals surface area (Å²) >= 11 is 5.46. The van der Waals surface area contributed by atoms with Crippen LogP contribution in [0, 0.1) is 0 Å². The lowest BCUT2D eigenvalue weighted by atomic mass is 10.2. The summed E-state index contributed by atoms with van der Waals surface area (Å²) in [5.74, 6) is 0.563. The van der Waals surface area contributed by atoms with Gasteiger partial charge in [0.05, 0.1) is 10.8 Å². The molecule has 44 heavy (non-hydrogen) atoms. The lowest BCUT2D eigenvalue weighted by molar-refractivity contribution is -0.123. The number of anilines is 1. The predicted octanol–water partition coefficient (Wildman–Crippen LogP) is 4.07. The number of aliphatic imine (C=N–C) groups is 1. The molecule has 0 fully saturated rings. The van der Waals surface area contributed by atoms with Crippen LogP contribution in [0.1, 0.15) is 26.7 Å². The molecule has 0 aliphatic rings. The summed E-state index contributed by atoms with van der Waals surface area (Å²) in [5.41, 5.74) is 1.86. The lowest BCUT2D eigenvalue weighted by Gasteiger charge is -2.09. The first-order valence-corrected chi connectivity index (χ1v) is 15.2. The number of isothiocyanates is 1. The Bertz CT molecular complexity index is 1790. The van der Waals surface area contributed by atoms with Crippen LogP contribution in [0.3, 0.4) is 0 Å². The highest BCUT2D eigenvalue weighted by Crippen LogP contribution is 2.22. The first-order chi connectivity index (χ1) is 21.3. The summed E-state index contributed by atoms with van der Waals surface area (Å²) in [6.45, 7) is 4.89. The Morgan fingerprint density at radius 2 is 1.77 bits per heavy atom. The van der Waals surface area contributed by atoms with Gasteiger partial charge in [0.25, 0.3) is 16.7 Å². The van der Waals surface area contributed by atoms with E-state index in [-0.39, 0.29) is 42.0 Å². The van der Waals surface area contributed by atoms with Crippen molar-refractivity contribution in [3.8, 4) is 17.1 Å². The van der Waals surface area contributed by atoms with Gasteiger partial charge in [-0.25, -0.2) is 9.78 Å². The lowest BCUT2D eigenvalue weighted by Crippen LogP contribution is -2.40. The zero-order chi connectivity index (χ0) is 31.5. The highest BCUT2D eigenvalue weighted by Gasteiger charge is 2.17. The zero-order valence-electron chi connectivity index (χ0n) is 24.2. The molecule has 0 saturated heterocycles. The van der Waals surface area contributed by atoms with Crippen LogP contribution in [0.15, 0.2) is 63.1 Å². The van der Waals surface area contributed by atoms with Crippen molar-refractivity contribution in [3.63, 3.8) is 0 Å². The first-order valence-electron chi connectivity index (χ1n) is 14.0. The van der Waals surface area contributed by atoms with E-state index in [0.717, 1.165) is 11.9 Å². The first kappa shape index (κ1) is 32.2. The van der Waals surface area contributed by atoms with Crippen LogP contribution >= 0.6 is 24.2 Å². The molecule has 0 aliphatic heterocycles. The Hall–Kier alpha value is -4.72. The molecular weight excluding hydrogens is 605 g/mol. The Morgan fingerprint density at radius 3 is 2.50 bits per heavy atom. The molecule has 4 rings (SSSR count). The number of carbonyl (C=O) groups is 2. The minimum atomic E-state index is -0.390. The van der Waals surface area contributed by atoms with Gasteiger partial charge in [0.2, 0.25) is 0 Å². The third kappa shape index (κ3) is 8.22. The number of hydrogen-bond acceptors (Lipinski definition) is 10. The van der Waals surface area contributed by atoms with Gasteiger partial charge < -0.3 is 25.1 Å². The Morgan fingerprint density at radius 1 is 1.05 bits per heavy atom. The molecule has 0 bridgehead atoms. The van der Waals surface area contributed by atoms with Crippen molar-refractivity contribution in [1.29, 1.82) is 0 Å². The molecule has 0 spiro atoms. The van der Waals surface area contributed by atoms with Crippen molar-refractivity contribution in [3.05, 3.63) is 69.4 Å². The molecule has 0 aliphatic carbocycles. The molecule has 0 atom stereocenters. The maximum atomic E-state index is 13.0. The molecule has 4 aromatic rings. The number of thiocarbonyl (C=S) groups is 1. The maximum Gasteiger partial charge on any atom is 0.332 e. The van der Waals surface area contributed by atoms with Gasteiger partial charge in [-0.3, -0.25) is 23.5 Å². The number of carbonyl (C=O) groups excluding carboxylic acids is 2. The van der Waals surface area contributed by atoms with Crippen LogP contribution in [-0.2, 0) is 17.9 Å². The van der Waals surface area contributed by atoms with Gasteiger partial charge in [0, 0.05) is 49.4 Å². The molecule has 230 valence electrons. The highest BCUT2D eigenvalue weighted by atomic mass is 32.2. The third-order valence-corrected chi connectivity index (χ3v) is 7.01. The molecule has 0 saturated carbocycles. The number of imidazole rings is 1. The average Bonchev–Trinajstić information content (AvgIpc) is 3.48.